The number of anilines is 2. The minimum atomic E-state index is -4.98. The molecule has 0 radical (unpaired) electrons. The fourth-order valence-corrected chi connectivity index (χ4v) is 4.48. The molecule has 2 aromatic heterocycles. The van der Waals surface area contributed by atoms with Gasteiger partial charge < -0.3 is 5.32 Å². The number of halogens is 3. The van der Waals surface area contributed by atoms with Gasteiger partial charge in [0.05, 0.1) is 16.2 Å². The van der Waals surface area contributed by atoms with Gasteiger partial charge in [-0.05, 0) is 44.2 Å². The Hall–Kier alpha value is -3.66. The molecule has 4 aromatic rings. The first-order valence-electron chi connectivity index (χ1n) is 10.3. The highest BCUT2D eigenvalue weighted by Gasteiger charge is 2.37. The van der Waals surface area contributed by atoms with Gasteiger partial charge in [-0.25, -0.2) is 13.4 Å². The van der Waals surface area contributed by atoms with Crippen LogP contribution in [0.3, 0.4) is 0 Å². The standard InChI is InChI=1S/C24H20F3N3O3S/c1-15(2)34(32,33)21-13-18(24(25,26)27)22-19(31)14-20(28-16-9-5-3-6-10-16)30(23(22)29-21)17-11-7-4-8-12-17/h3-15,28H,1-2H3. The van der Waals surface area contributed by atoms with E-state index in [1.54, 1.807) is 60.7 Å². The van der Waals surface area contributed by atoms with Crippen LogP contribution in [0.2, 0.25) is 0 Å². The van der Waals surface area contributed by atoms with Crippen LogP contribution in [0.4, 0.5) is 24.7 Å². The number of hydrogen-bond acceptors (Lipinski definition) is 5. The number of nitrogens with one attached hydrogen (secondary N) is 1. The molecule has 2 heterocycles. The van der Waals surface area contributed by atoms with E-state index in [1.807, 2.05) is 0 Å². The maximum Gasteiger partial charge on any atom is 0.417 e. The average molecular weight is 488 g/mol. The minimum Gasteiger partial charge on any atom is -0.341 e. The van der Waals surface area contributed by atoms with Crippen LogP contribution in [0.25, 0.3) is 16.7 Å². The van der Waals surface area contributed by atoms with Gasteiger partial charge in [0.1, 0.15) is 5.82 Å². The van der Waals surface area contributed by atoms with Crippen molar-refractivity contribution in [2.75, 3.05) is 5.32 Å². The van der Waals surface area contributed by atoms with E-state index in [0.717, 1.165) is 6.07 Å². The molecule has 10 heteroatoms. The number of benzene rings is 2. The molecule has 4 rings (SSSR count). The number of alkyl halides is 3. The molecule has 0 unspecified atom stereocenters. The van der Waals surface area contributed by atoms with Crippen molar-refractivity contribution in [3.63, 3.8) is 0 Å². The molecule has 0 saturated heterocycles. The SMILES string of the molecule is CC(C)S(=O)(=O)c1cc(C(F)(F)F)c2c(=O)cc(Nc3ccccc3)n(-c3ccccc3)c2n1. The molecule has 0 spiro atoms. The molecular formula is C24H20F3N3O3S. The number of hydrogen-bond donors (Lipinski definition) is 1. The number of para-hydroxylation sites is 2. The maximum absolute atomic E-state index is 14.1. The summed E-state index contributed by atoms with van der Waals surface area (Å²) >= 11 is 0. The molecule has 6 nitrogen and oxygen atoms in total. The third kappa shape index (κ3) is 4.28. The van der Waals surface area contributed by atoms with E-state index in [9.17, 15) is 26.4 Å². The molecule has 0 bridgehead atoms. The number of aromatic nitrogens is 2. The van der Waals surface area contributed by atoms with E-state index < -0.39 is 48.3 Å². The lowest BCUT2D eigenvalue weighted by atomic mass is 10.1. The van der Waals surface area contributed by atoms with Gasteiger partial charge in [-0.15, -0.1) is 0 Å². The summed E-state index contributed by atoms with van der Waals surface area (Å²) in [4.78, 5) is 17.1. The van der Waals surface area contributed by atoms with Crippen LogP contribution in [0.15, 0.2) is 82.6 Å². The van der Waals surface area contributed by atoms with Crippen molar-refractivity contribution in [2.45, 2.75) is 30.3 Å². The Balaban J connectivity index is 2.18. The van der Waals surface area contributed by atoms with Crippen molar-refractivity contribution in [1.29, 1.82) is 0 Å². The summed E-state index contributed by atoms with van der Waals surface area (Å²) in [7, 11) is -4.18. The lowest BCUT2D eigenvalue weighted by Gasteiger charge is -2.20. The van der Waals surface area contributed by atoms with Crippen LogP contribution in [-0.4, -0.2) is 23.2 Å². The third-order valence-corrected chi connectivity index (χ3v) is 7.26. The normalized spacial score (nSPS) is 12.3. The third-order valence-electron chi connectivity index (χ3n) is 5.22. The van der Waals surface area contributed by atoms with E-state index in [1.165, 1.54) is 18.4 Å². The molecule has 0 amide bonds. The summed E-state index contributed by atoms with van der Waals surface area (Å²) in [5.74, 6) is 0.134. The van der Waals surface area contributed by atoms with E-state index in [-0.39, 0.29) is 5.82 Å². The Morgan fingerprint density at radius 2 is 1.53 bits per heavy atom. The van der Waals surface area contributed by atoms with E-state index in [2.05, 4.69) is 10.3 Å². The lowest BCUT2D eigenvalue weighted by molar-refractivity contribution is -0.136. The van der Waals surface area contributed by atoms with Gasteiger partial charge in [-0.1, -0.05) is 36.4 Å². The summed E-state index contributed by atoms with van der Waals surface area (Å²) < 4.78 is 69.2. The van der Waals surface area contributed by atoms with Gasteiger partial charge >= 0.3 is 6.18 Å². The minimum absolute atomic E-state index is 0.134. The number of nitrogens with zero attached hydrogens (tertiary/aromatic N) is 2. The summed E-state index contributed by atoms with van der Waals surface area (Å²) in [5, 5.41) is 0.565. The zero-order chi connectivity index (χ0) is 24.7. The van der Waals surface area contributed by atoms with Crippen molar-refractivity contribution >= 4 is 32.4 Å². The summed E-state index contributed by atoms with van der Waals surface area (Å²) in [6.07, 6.45) is -4.98. The largest absolute Gasteiger partial charge is 0.417 e. The molecule has 2 aromatic carbocycles. The molecular weight excluding hydrogens is 467 g/mol. The quantitative estimate of drug-likeness (QED) is 0.412. The molecule has 0 fully saturated rings. The number of sulfone groups is 1. The van der Waals surface area contributed by atoms with Crippen molar-refractivity contribution in [2.24, 2.45) is 0 Å². The van der Waals surface area contributed by atoms with Crippen LogP contribution >= 0.6 is 0 Å². The van der Waals surface area contributed by atoms with Crippen LogP contribution in [0, 0.1) is 0 Å². The average Bonchev–Trinajstić information content (AvgIpc) is 2.79. The topological polar surface area (TPSA) is 81.1 Å². The second kappa shape index (κ2) is 8.60. The molecule has 0 aliphatic rings. The van der Waals surface area contributed by atoms with Gasteiger partial charge in [-0.2, -0.15) is 13.2 Å². The summed E-state index contributed by atoms with van der Waals surface area (Å²) in [6, 6.07) is 18.5. The molecule has 176 valence electrons. The molecule has 1 N–H and O–H groups in total. The molecule has 0 aliphatic heterocycles. The molecule has 34 heavy (non-hydrogen) atoms. The fraction of sp³-hybridized carbons (Fsp3) is 0.167. The van der Waals surface area contributed by atoms with Crippen LogP contribution in [0.5, 0.6) is 0 Å². The Kier molecular flexibility index (Phi) is 5.94. The highest BCUT2D eigenvalue weighted by Crippen LogP contribution is 2.36. The second-order valence-corrected chi connectivity index (χ2v) is 10.3. The Labute approximate surface area is 193 Å². The lowest BCUT2D eigenvalue weighted by Crippen LogP contribution is -2.22. The maximum atomic E-state index is 14.1. The fourth-order valence-electron chi connectivity index (χ4n) is 3.50. The van der Waals surface area contributed by atoms with Gasteiger partial charge in [-0.3, -0.25) is 9.36 Å². The number of fused-ring (bicyclic) bond motifs is 1. The summed E-state index contributed by atoms with van der Waals surface area (Å²) in [6.45, 7) is 2.71. The first-order chi connectivity index (χ1) is 16.0. The smallest absolute Gasteiger partial charge is 0.341 e. The first-order valence-corrected chi connectivity index (χ1v) is 11.8. The van der Waals surface area contributed by atoms with Gasteiger partial charge in [0, 0.05) is 17.4 Å². The van der Waals surface area contributed by atoms with Gasteiger partial charge in [0.2, 0.25) is 0 Å². The number of pyridine rings is 2. The van der Waals surface area contributed by atoms with Crippen molar-refractivity contribution < 1.29 is 21.6 Å². The Bertz CT molecular complexity index is 1520. The van der Waals surface area contributed by atoms with Crippen LogP contribution in [0.1, 0.15) is 19.4 Å². The second-order valence-electron chi connectivity index (χ2n) is 7.85. The predicted molar refractivity (Wildman–Crippen MR) is 124 cm³/mol. The van der Waals surface area contributed by atoms with E-state index in [0.29, 0.717) is 17.4 Å². The predicted octanol–water partition coefficient (Wildman–Crippen LogP) is 5.33. The zero-order valence-electron chi connectivity index (χ0n) is 18.2. The van der Waals surface area contributed by atoms with Crippen LogP contribution in [-0.2, 0) is 16.0 Å². The monoisotopic (exact) mass is 487 g/mol. The first kappa shape index (κ1) is 23.5. The number of rotatable bonds is 5. The molecule has 0 saturated carbocycles. The Morgan fingerprint density at radius 1 is 0.941 bits per heavy atom. The van der Waals surface area contributed by atoms with Gasteiger partial charge in [0.25, 0.3) is 0 Å². The van der Waals surface area contributed by atoms with Crippen molar-refractivity contribution in [3.05, 3.63) is 88.6 Å². The van der Waals surface area contributed by atoms with Crippen LogP contribution < -0.4 is 10.7 Å². The van der Waals surface area contributed by atoms with Crippen molar-refractivity contribution in [1.82, 2.24) is 9.55 Å². The van der Waals surface area contributed by atoms with E-state index >= 15 is 0 Å². The summed E-state index contributed by atoms with van der Waals surface area (Å²) in [5.41, 5.74) is -1.73. The van der Waals surface area contributed by atoms with Gasteiger partial charge in [0.15, 0.2) is 25.9 Å². The molecule has 0 aliphatic carbocycles. The molecule has 0 atom stereocenters. The van der Waals surface area contributed by atoms with Crippen molar-refractivity contribution in [3.8, 4) is 5.69 Å². The Morgan fingerprint density at radius 3 is 2.09 bits per heavy atom. The zero-order valence-corrected chi connectivity index (χ0v) is 19.0. The highest BCUT2D eigenvalue weighted by molar-refractivity contribution is 7.91. The van der Waals surface area contributed by atoms with E-state index in [4.69, 9.17) is 0 Å². The highest BCUT2D eigenvalue weighted by atomic mass is 32.2.